The summed E-state index contributed by atoms with van der Waals surface area (Å²) in [5.74, 6) is -1.41. The number of carboxylic acids is 1. The van der Waals surface area contributed by atoms with Crippen LogP contribution >= 0.6 is 0 Å². The van der Waals surface area contributed by atoms with Gasteiger partial charge in [-0.05, 0) is 19.8 Å². The fourth-order valence-corrected chi connectivity index (χ4v) is 1.66. The zero-order valence-corrected chi connectivity index (χ0v) is 9.19. The molecule has 0 bridgehead atoms. The summed E-state index contributed by atoms with van der Waals surface area (Å²) in [6, 6.07) is 0. The van der Waals surface area contributed by atoms with Crippen molar-refractivity contribution in [2.75, 3.05) is 13.1 Å². The molecule has 3 N–H and O–H groups in total. The van der Waals surface area contributed by atoms with Crippen LogP contribution in [-0.4, -0.2) is 40.5 Å². The molecule has 1 aliphatic heterocycles. The molecule has 0 aromatic carbocycles. The van der Waals surface area contributed by atoms with Crippen LogP contribution in [0.1, 0.15) is 26.7 Å². The van der Waals surface area contributed by atoms with E-state index in [0.717, 1.165) is 0 Å². The first-order chi connectivity index (χ1) is 6.88. The van der Waals surface area contributed by atoms with E-state index in [1.807, 2.05) is 6.92 Å². The molecule has 1 saturated heterocycles. The average Bonchev–Trinajstić information content (AvgIpc) is 2.65. The third kappa shape index (κ3) is 2.47. The lowest BCUT2D eigenvalue weighted by Crippen LogP contribution is -2.52. The van der Waals surface area contributed by atoms with E-state index in [1.165, 1.54) is 0 Å². The van der Waals surface area contributed by atoms with Crippen molar-refractivity contribution in [2.45, 2.75) is 32.2 Å². The number of carboxylic acid groups (broad SMARTS) is 1. The molecule has 5 heteroatoms. The number of hydrogen-bond acceptors (Lipinski definition) is 3. The molecule has 5 nitrogen and oxygen atoms in total. The molecule has 86 valence electrons. The normalized spacial score (nSPS) is 25.0. The minimum atomic E-state index is -0.868. The molecule has 1 amide bonds. The predicted molar refractivity (Wildman–Crippen MR) is 55.2 cm³/mol. The molecule has 1 heterocycles. The Hall–Kier alpha value is -1.10. The van der Waals surface area contributed by atoms with Crippen molar-refractivity contribution < 1.29 is 14.7 Å². The Bertz CT molecular complexity index is 276. The summed E-state index contributed by atoms with van der Waals surface area (Å²) in [4.78, 5) is 24.2. The number of carbonyl (C=O) groups is 2. The van der Waals surface area contributed by atoms with E-state index in [9.17, 15) is 9.59 Å². The fourth-order valence-electron chi connectivity index (χ4n) is 1.66. The number of amides is 1. The molecule has 1 aliphatic rings. The van der Waals surface area contributed by atoms with Crippen LogP contribution in [0.3, 0.4) is 0 Å². The third-order valence-corrected chi connectivity index (χ3v) is 3.05. The monoisotopic (exact) mass is 214 g/mol. The first-order valence-corrected chi connectivity index (χ1v) is 5.19. The van der Waals surface area contributed by atoms with E-state index in [2.05, 4.69) is 0 Å². The van der Waals surface area contributed by atoms with E-state index in [1.54, 1.807) is 11.8 Å². The smallest absolute Gasteiger partial charge is 0.308 e. The molecule has 0 aliphatic carbocycles. The van der Waals surface area contributed by atoms with Gasteiger partial charge in [0.2, 0.25) is 5.91 Å². The Morgan fingerprint density at radius 2 is 2.20 bits per heavy atom. The maximum Gasteiger partial charge on any atom is 0.308 e. The van der Waals surface area contributed by atoms with Gasteiger partial charge in [-0.15, -0.1) is 0 Å². The summed E-state index contributed by atoms with van der Waals surface area (Å²) in [6.07, 6.45) is 1.08. The molecule has 0 radical (unpaired) electrons. The molecule has 1 fully saturated rings. The van der Waals surface area contributed by atoms with Crippen molar-refractivity contribution in [1.29, 1.82) is 0 Å². The van der Waals surface area contributed by atoms with Crippen LogP contribution < -0.4 is 5.73 Å². The Balaban J connectivity index is 2.61. The Morgan fingerprint density at radius 1 is 1.60 bits per heavy atom. The first kappa shape index (κ1) is 12.0. The molecule has 0 aromatic rings. The number of aliphatic carboxylic acids is 1. The largest absolute Gasteiger partial charge is 0.481 e. The van der Waals surface area contributed by atoms with E-state index in [4.69, 9.17) is 10.8 Å². The van der Waals surface area contributed by atoms with Crippen molar-refractivity contribution in [2.24, 2.45) is 11.7 Å². The van der Waals surface area contributed by atoms with Gasteiger partial charge in [0.15, 0.2) is 0 Å². The molecule has 0 saturated carbocycles. The fraction of sp³-hybridized carbons (Fsp3) is 0.800. The number of rotatable bonds is 3. The number of nitrogens with zero attached hydrogens (tertiary/aromatic N) is 1. The second kappa shape index (κ2) is 4.18. The summed E-state index contributed by atoms with van der Waals surface area (Å²) < 4.78 is 0. The summed E-state index contributed by atoms with van der Waals surface area (Å²) in [6.45, 7) is 4.33. The number of carbonyl (C=O) groups excluding carboxylic acids is 1. The van der Waals surface area contributed by atoms with Gasteiger partial charge in [-0.3, -0.25) is 9.59 Å². The van der Waals surface area contributed by atoms with Crippen LogP contribution in [0.15, 0.2) is 0 Å². The second-order valence-corrected chi connectivity index (χ2v) is 4.35. The summed E-state index contributed by atoms with van der Waals surface area (Å²) in [5, 5.41) is 8.80. The standard InChI is InChI=1S/C10H18N2O3/c1-3-10(2,11)9(15)12-5-4-7(6-12)8(13)14/h7H,3-6,11H2,1-2H3,(H,13,14). The van der Waals surface area contributed by atoms with Crippen LogP contribution in [0.25, 0.3) is 0 Å². The molecule has 0 aromatic heterocycles. The maximum atomic E-state index is 11.9. The highest BCUT2D eigenvalue weighted by molar-refractivity contribution is 5.86. The van der Waals surface area contributed by atoms with Gasteiger partial charge >= 0.3 is 5.97 Å². The number of nitrogens with two attached hydrogens (primary N) is 1. The second-order valence-electron chi connectivity index (χ2n) is 4.35. The zero-order chi connectivity index (χ0) is 11.6. The Labute approximate surface area is 89.2 Å². The van der Waals surface area contributed by atoms with Gasteiger partial charge in [0, 0.05) is 13.1 Å². The summed E-state index contributed by atoms with van der Waals surface area (Å²) in [5.41, 5.74) is 4.95. The quantitative estimate of drug-likeness (QED) is 0.695. The van der Waals surface area contributed by atoms with Gasteiger partial charge in [-0.1, -0.05) is 6.92 Å². The predicted octanol–water partition coefficient (Wildman–Crippen LogP) is 0.0469. The van der Waals surface area contributed by atoms with E-state index in [-0.39, 0.29) is 5.91 Å². The molecular weight excluding hydrogens is 196 g/mol. The lowest BCUT2D eigenvalue weighted by Gasteiger charge is -2.27. The van der Waals surface area contributed by atoms with E-state index >= 15 is 0 Å². The van der Waals surface area contributed by atoms with Gasteiger partial charge in [-0.25, -0.2) is 0 Å². The summed E-state index contributed by atoms with van der Waals surface area (Å²) >= 11 is 0. The lowest BCUT2D eigenvalue weighted by atomic mass is 9.99. The molecule has 15 heavy (non-hydrogen) atoms. The first-order valence-electron chi connectivity index (χ1n) is 5.19. The van der Waals surface area contributed by atoms with E-state index in [0.29, 0.717) is 25.9 Å². The highest BCUT2D eigenvalue weighted by Gasteiger charge is 2.37. The minimum absolute atomic E-state index is 0.145. The van der Waals surface area contributed by atoms with Crippen molar-refractivity contribution in [3.05, 3.63) is 0 Å². The lowest BCUT2D eigenvalue weighted by molar-refractivity contribution is -0.141. The van der Waals surface area contributed by atoms with Crippen molar-refractivity contribution >= 4 is 11.9 Å². The topological polar surface area (TPSA) is 83.6 Å². The highest BCUT2D eigenvalue weighted by atomic mass is 16.4. The average molecular weight is 214 g/mol. The Kier molecular flexibility index (Phi) is 3.34. The van der Waals surface area contributed by atoms with Crippen LogP contribution in [0.4, 0.5) is 0 Å². The number of hydrogen-bond donors (Lipinski definition) is 2. The highest BCUT2D eigenvalue weighted by Crippen LogP contribution is 2.20. The molecule has 2 unspecified atom stereocenters. The maximum absolute atomic E-state index is 11.9. The minimum Gasteiger partial charge on any atom is -0.481 e. The number of likely N-dealkylation sites (tertiary alicyclic amines) is 1. The van der Waals surface area contributed by atoms with Crippen LogP contribution in [0.5, 0.6) is 0 Å². The van der Waals surface area contributed by atoms with Crippen molar-refractivity contribution in [1.82, 2.24) is 4.90 Å². The SMILES string of the molecule is CCC(C)(N)C(=O)N1CCC(C(=O)O)C1. The third-order valence-electron chi connectivity index (χ3n) is 3.05. The van der Waals surface area contributed by atoms with E-state index < -0.39 is 17.4 Å². The zero-order valence-electron chi connectivity index (χ0n) is 9.19. The van der Waals surface area contributed by atoms with Crippen LogP contribution in [-0.2, 0) is 9.59 Å². The molecule has 1 rings (SSSR count). The van der Waals surface area contributed by atoms with Crippen LogP contribution in [0, 0.1) is 5.92 Å². The van der Waals surface area contributed by atoms with Crippen molar-refractivity contribution in [3.8, 4) is 0 Å². The van der Waals surface area contributed by atoms with Gasteiger partial charge in [0.05, 0.1) is 11.5 Å². The Morgan fingerprint density at radius 3 is 2.60 bits per heavy atom. The summed E-state index contributed by atoms with van der Waals surface area (Å²) in [7, 11) is 0. The molecule has 0 spiro atoms. The molecular formula is C10H18N2O3. The molecule has 2 atom stereocenters. The van der Waals surface area contributed by atoms with Gasteiger partial charge in [-0.2, -0.15) is 0 Å². The van der Waals surface area contributed by atoms with Crippen molar-refractivity contribution in [3.63, 3.8) is 0 Å². The van der Waals surface area contributed by atoms with Gasteiger partial charge in [0.1, 0.15) is 0 Å². The van der Waals surface area contributed by atoms with Gasteiger partial charge < -0.3 is 15.7 Å². The van der Waals surface area contributed by atoms with Crippen LogP contribution in [0.2, 0.25) is 0 Å². The van der Waals surface area contributed by atoms with Gasteiger partial charge in [0.25, 0.3) is 0 Å².